The average Bonchev–Trinajstić information content (AvgIpc) is 1.88. The summed E-state index contributed by atoms with van der Waals surface area (Å²) < 4.78 is 0. The highest BCUT2D eigenvalue weighted by Gasteiger charge is 1.85. The minimum atomic E-state index is 0.240. The van der Waals surface area contributed by atoms with Crippen LogP contribution in [0.4, 0.5) is 0 Å². The second-order valence-electron chi connectivity index (χ2n) is 1.84. The lowest BCUT2D eigenvalue weighted by Gasteiger charge is -1.94. The summed E-state index contributed by atoms with van der Waals surface area (Å²) in [7, 11) is 0. The van der Waals surface area contributed by atoms with E-state index in [9.17, 15) is 0 Å². The van der Waals surface area contributed by atoms with Crippen molar-refractivity contribution in [3.63, 3.8) is 0 Å². The van der Waals surface area contributed by atoms with Gasteiger partial charge in [0.05, 0.1) is 0 Å². The van der Waals surface area contributed by atoms with Gasteiger partial charge in [-0.05, 0) is 20.3 Å². The van der Waals surface area contributed by atoms with Gasteiger partial charge in [-0.25, -0.2) is 0 Å². The standard InChI is InChI=1S/C8H14O/c1-3-5-8(4-2)6-7-9/h3-5,9H,6-7H2,1-2H3/b5-3-,8-4+. The van der Waals surface area contributed by atoms with Gasteiger partial charge in [-0.15, -0.1) is 0 Å². The van der Waals surface area contributed by atoms with Gasteiger partial charge in [0.15, 0.2) is 0 Å². The lowest BCUT2D eigenvalue weighted by Crippen LogP contribution is -1.83. The fourth-order valence-corrected chi connectivity index (χ4v) is 0.667. The number of aliphatic hydroxyl groups is 1. The Morgan fingerprint density at radius 3 is 2.44 bits per heavy atom. The molecule has 0 atom stereocenters. The fraction of sp³-hybridized carbons (Fsp3) is 0.500. The molecule has 0 unspecified atom stereocenters. The summed E-state index contributed by atoms with van der Waals surface area (Å²) in [6, 6.07) is 0. The van der Waals surface area contributed by atoms with E-state index in [2.05, 4.69) is 0 Å². The van der Waals surface area contributed by atoms with Gasteiger partial charge in [-0.2, -0.15) is 0 Å². The Balaban J connectivity index is 3.70. The highest BCUT2D eigenvalue weighted by molar-refractivity contribution is 5.16. The van der Waals surface area contributed by atoms with Gasteiger partial charge in [0, 0.05) is 6.61 Å². The highest BCUT2D eigenvalue weighted by atomic mass is 16.2. The number of allylic oxidation sites excluding steroid dienone is 3. The van der Waals surface area contributed by atoms with Crippen molar-refractivity contribution in [1.82, 2.24) is 0 Å². The molecule has 0 saturated heterocycles. The lowest BCUT2D eigenvalue weighted by atomic mass is 10.2. The first-order valence-corrected chi connectivity index (χ1v) is 3.24. The molecule has 0 bridgehead atoms. The van der Waals surface area contributed by atoms with Crippen molar-refractivity contribution < 1.29 is 5.11 Å². The Morgan fingerprint density at radius 2 is 2.11 bits per heavy atom. The quantitative estimate of drug-likeness (QED) is 0.572. The molecule has 0 aromatic heterocycles. The van der Waals surface area contributed by atoms with E-state index in [4.69, 9.17) is 5.11 Å². The molecule has 0 amide bonds. The second kappa shape index (κ2) is 5.57. The molecule has 0 aliphatic heterocycles. The summed E-state index contributed by atoms with van der Waals surface area (Å²) in [6.07, 6.45) is 6.76. The van der Waals surface area contributed by atoms with Crippen LogP contribution in [0.25, 0.3) is 0 Å². The van der Waals surface area contributed by atoms with E-state index in [1.807, 2.05) is 32.1 Å². The third-order valence-corrected chi connectivity index (χ3v) is 1.15. The Bertz CT molecular complexity index is 112. The zero-order chi connectivity index (χ0) is 7.11. The molecule has 0 fully saturated rings. The molecule has 1 nitrogen and oxygen atoms in total. The summed E-state index contributed by atoms with van der Waals surface area (Å²) in [5.41, 5.74) is 1.19. The number of aliphatic hydroxyl groups excluding tert-OH is 1. The second-order valence-corrected chi connectivity index (χ2v) is 1.84. The van der Waals surface area contributed by atoms with Crippen LogP contribution in [0, 0.1) is 0 Å². The van der Waals surface area contributed by atoms with E-state index in [1.54, 1.807) is 0 Å². The largest absolute Gasteiger partial charge is 0.396 e. The van der Waals surface area contributed by atoms with Crippen molar-refractivity contribution in [2.45, 2.75) is 20.3 Å². The van der Waals surface area contributed by atoms with Crippen LogP contribution in [0.15, 0.2) is 23.8 Å². The molecule has 9 heavy (non-hydrogen) atoms. The monoisotopic (exact) mass is 126 g/mol. The van der Waals surface area contributed by atoms with Crippen LogP contribution >= 0.6 is 0 Å². The molecule has 0 saturated carbocycles. The molecule has 52 valence electrons. The first kappa shape index (κ1) is 8.44. The van der Waals surface area contributed by atoms with Gasteiger partial charge in [0.1, 0.15) is 0 Å². The summed E-state index contributed by atoms with van der Waals surface area (Å²) in [4.78, 5) is 0. The van der Waals surface area contributed by atoms with Crippen molar-refractivity contribution in [1.29, 1.82) is 0 Å². The Morgan fingerprint density at radius 1 is 1.44 bits per heavy atom. The van der Waals surface area contributed by atoms with Crippen molar-refractivity contribution in [2.75, 3.05) is 6.61 Å². The number of hydrogen-bond acceptors (Lipinski definition) is 1. The maximum absolute atomic E-state index is 8.52. The molecular weight excluding hydrogens is 112 g/mol. The average molecular weight is 126 g/mol. The van der Waals surface area contributed by atoms with E-state index in [0.29, 0.717) is 0 Å². The Labute approximate surface area is 56.7 Å². The number of rotatable bonds is 3. The molecule has 0 aromatic carbocycles. The molecule has 1 heteroatoms. The molecule has 0 radical (unpaired) electrons. The molecule has 0 heterocycles. The van der Waals surface area contributed by atoms with Gasteiger partial charge in [0.2, 0.25) is 0 Å². The van der Waals surface area contributed by atoms with E-state index in [-0.39, 0.29) is 6.61 Å². The van der Waals surface area contributed by atoms with Gasteiger partial charge in [0.25, 0.3) is 0 Å². The van der Waals surface area contributed by atoms with E-state index in [0.717, 1.165) is 6.42 Å². The van der Waals surface area contributed by atoms with Crippen molar-refractivity contribution in [3.8, 4) is 0 Å². The summed E-state index contributed by atoms with van der Waals surface area (Å²) in [5, 5.41) is 8.52. The van der Waals surface area contributed by atoms with Crippen LogP contribution in [-0.2, 0) is 0 Å². The van der Waals surface area contributed by atoms with Gasteiger partial charge in [-0.3, -0.25) is 0 Å². The van der Waals surface area contributed by atoms with Crippen LogP contribution in [-0.4, -0.2) is 11.7 Å². The third kappa shape index (κ3) is 3.98. The zero-order valence-corrected chi connectivity index (χ0v) is 6.09. The minimum Gasteiger partial charge on any atom is -0.396 e. The fourth-order valence-electron chi connectivity index (χ4n) is 0.667. The maximum Gasteiger partial charge on any atom is 0.0471 e. The van der Waals surface area contributed by atoms with Crippen molar-refractivity contribution in [2.24, 2.45) is 0 Å². The molecule has 0 aliphatic rings. The van der Waals surface area contributed by atoms with Crippen LogP contribution < -0.4 is 0 Å². The first-order chi connectivity index (χ1) is 4.35. The Hall–Kier alpha value is -0.560. The minimum absolute atomic E-state index is 0.240. The van der Waals surface area contributed by atoms with Crippen LogP contribution in [0.1, 0.15) is 20.3 Å². The first-order valence-electron chi connectivity index (χ1n) is 3.24. The molecule has 0 rings (SSSR count). The van der Waals surface area contributed by atoms with E-state index in [1.165, 1.54) is 5.57 Å². The maximum atomic E-state index is 8.52. The Kier molecular flexibility index (Phi) is 5.23. The highest BCUT2D eigenvalue weighted by Crippen LogP contribution is 2.00. The van der Waals surface area contributed by atoms with E-state index < -0.39 is 0 Å². The zero-order valence-electron chi connectivity index (χ0n) is 6.09. The van der Waals surface area contributed by atoms with Gasteiger partial charge in [-0.1, -0.05) is 23.8 Å². The summed E-state index contributed by atoms with van der Waals surface area (Å²) in [5.74, 6) is 0. The molecule has 1 N–H and O–H groups in total. The number of hydrogen-bond donors (Lipinski definition) is 1. The third-order valence-electron chi connectivity index (χ3n) is 1.15. The summed E-state index contributed by atoms with van der Waals surface area (Å²) in [6.45, 7) is 4.19. The molecule has 0 aromatic rings. The van der Waals surface area contributed by atoms with Crippen LogP contribution in [0.3, 0.4) is 0 Å². The topological polar surface area (TPSA) is 20.2 Å². The summed E-state index contributed by atoms with van der Waals surface area (Å²) >= 11 is 0. The molecular formula is C8H14O. The molecule has 0 aliphatic carbocycles. The van der Waals surface area contributed by atoms with Gasteiger partial charge >= 0.3 is 0 Å². The SMILES string of the molecule is C/C=C\C(=C/C)CCO. The molecule has 0 spiro atoms. The normalized spacial score (nSPS) is 13.0. The van der Waals surface area contributed by atoms with Crippen LogP contribution in [0.5, 0.6) is 0 Å². The van der Waals surface area contributed by atoms with Crippen LogP contribution in [0.2, 0.25) is 0 Å². The van der Waals surface area contributed by atoms with Crippen molar-refractivity contribution in [3.05, 3.63) is 23.8 Å². The predicted molar refractivity (Wildman–Crippen MR) is 40.3 cm³/mol. The predicted octanol–water partition coefficient (Wildman–Crippen LogP) is 1.89. The smallest absolute Gasteiger partial charge is 0.0471 e. The van der Waals surface area contributed by atoms with Crippen molar-refractivity contribution >= 4 is 0 Å². The lowest BCUT2D eigenvalue weighted by molar-refractivity contribution is 0.300. The van der Waals surface area contributed by atoms with E-state index >= 15 is 0 Å². The van der Waals surface area contributed by atoms with Gasteiger partial charge < -0.3 is 5.11 Å².